The maximum absolute atomic E-state index is 5.25. The second kappa shape index (κ2) is 7.49. The Balaban J connectivity index is 2.64. The predicted molar refractivity (Wildman–Crippen MR) is 78.9 cm³/mol. The first-order valence-electron chi connectivity index (χ1n) is 7.75. The zero-order valence-corrected chi connectivity index (χ0v) is 13.1. The third-order valence-electron chi connectivity index (χ3n) is 4.79. The Morgan fingerprint density at radius 1 is 1.39 bits per heavy atom. The highest BCUT2D eigenvalue weighted by Gasteiger charge is 2.40. The molecule has 1 aliphatic rings. The fraction of sp³-hybridized carbons (Fsp3) is 1.00. The summed E-state index contributed by atoms with van der Waals surface area (Å²) < 4.78 is 5.25. The molecule has 3 unspecified atom stereocenters. The van der Waals surface area contributed by atoms with E-state index >= 15 is 0 Å². The molecule has 0 saturated heterocycles. The van der Waals surface area contributed by atoms with Crippen molar-refractivity contribution in [2.45, 2.75) is 65.8 Å². The first-order chi connectivity index (χ1) is 8.53. The molecule has 0 heterocycles. The van der Waals surface area contributed by atoms with Crippen LogP contribution < -0.4 is 5.32 Å². The van der Waals surface area contributed by atoms with Crippen LogP contribution in [-0.4, -0.2) is 26.3 Å². The number of rotatable bonds is 8. The highest BCUT2D eigenvalue weighted by atomic mass is 16.5. The van der Waals surface area contributed by atoms with Crippen LogP contribution in [0.1, 0.15) is 59.8 Å². The minimum atomic E-state index is 0.507. The summed E-state index contributed by atoms with van der Waals surface area (Å²) in [5.41, 5.74) is 0.507. The van der Waals surface area contributed by atoms with Gasteiger partial charge in [0.25, 0.3) is 0 Å². The molecular formula is C16H33NO. The van der Waals surface area contributed by atoms with E-state index in [1.54, 1.807) is 7.11 Å². The Labute approximate surface area is 114 Å². The molecular weight excluding hydrogens is 222 g/mol. The van der Waals surface area contributed by atoms with E-state index in [-0.39, 0.29) is 0 Å². The number of ether oxygens (including phenoxy) is 1. The largest absolute Gasteiger partial charge is 0.385 e. The Hall–Kier alpha value is -0.0800. The molecule has 0 aromatic rings. The minimum absolute atomic E-state index is 0.507. The standard InChI is InChI=1S/C16H33NO/c1-6-11-17-15(13(2)9-12-18-5)14-8-7-10-16(14,3)4/h13-15,17H,6-12H2,1-5H3. The highest BCUT2D eigenvalue weighted by Crippen LogP contribution is 2.46. The first kappa shape index (κ1) is 16.0. The third kappa shape index (κ3) is 4.24. The van der Waals surface area contributed by atoms with Crippen LogP contribution in [0.4, 0.5) is 0 Å². The second-order valence-electron chi connectivity index (χ2n) is 6.73. The molecule has 1 aliphatic carbocycles. The van der Waals surface area contributed by atoms with Crippen LogP contribution in [0, 0.1) is 17.3 Å². The molecule has 0 bridgehead atoms. The van der Waals surface area contributed by atoms with Crippen molar-refractivity contribution in [2.24, 2.45) is 17.3 Å². The molecule has 0 aromatic heterocycles. The second-order valence-corrected chi connectivity index (χ2v) is 6.73. The van der Waals surface area contributed by atoms with Gasteiger partial charge in [-0.1, -0.05) is 34.1 Å². The third-order valence-corrected chi connectivity index (χ3v) is 4.79. The number of methoxy groups -OCH3 is 1. The van der Waals surface area contributed by atoms with Crippen molar-refractivity contribution in [1.82, 2.24) is 5.32 Å². The maximum Gasteiger partial charge on any atom is 0.0465 e. The van der Waals surface area contributed by atoms with E-state index in [0.717, 1.165) is 19.1 Å². The topological polar surface area (TPSA) is 21.3 Å². The molecule has 2 nitrogen and oxygen atoms in total. The minimum Gasteiger partial charge on any atom is -0.385 e. The summed E-state index contributed by atoms with van der Waals surface area (Å²) in [5, 5.41) is 3.82. The van der Waals surface area contributed by atoms with Gasteiger partial charge in [-0.2, -0.15) is 0 Å². The molecule has 2 heteroatoms. The molecule has 0 spiro atoms. The summed E-state index contributed by atoms with van der Waals surface area (Å²) in [5.74, 6) is 1.54. The molecule has 0 radical (unpaired) electrons. The molecule has 1 fully saturated rings. The van der Waals surface area contributed by atoms with Crippen LogP contribution in [0.2, 0.25) is 0 Å². The zero-order valence-electron chi connectivity index (χ0n) is 13.1. The van der Waals surface area contributed by atoms with Gasteiger partial charge < -0.3 is 10.1 Å². The maximum atomic E-state index is 5.25. The summed E-state index contributed by atoms with van der Waals surface area (Å²) in [6.07, 6.45) is 6.58. The molecule has 0 aromatic carbocycles. The number of hydrogen-bond acceptors (Lipinski definition) is 2. The molecule has 0 amide bonds. The van der Waals surface area contributed by atoms with Crippen molar-refractivity contribution in [1.29, 1.82) is 0 Å². The van der Waals surface area contributed by atoms with Crippen LogP contribution in [0.5, 0.6) is 0 Å². The van der Waals surface area contributed by atoms with Gasteiger partial charge in [0.2, 0.25) is 0 Å². The normalized spacial score (nSPS) is 26.2. The SMILES string of the molecule is CCCNC(C(C)CCOC)C1CCCC1(C)C. The summed E-state index contributed by atoms with van der Waals surface area (Å²) >= 11 is 0. The van der Waals surface area contributed by atoms with Gasteiger partial charge in [0.15, 0.2) is 0 Å². The summed E-state index contributed by atoms with van der Waals surface area (Å²) in [4.78, 5) is 0. The van der Waals surface area contributed by atoms with Gasteiger partial charge in [-0.25, -0.2) is 0 Å². The monoisotopic (exact) mass is 255 g/mol. The lowest BCUT2D eigenvalue weighted by Crippen LogP contribution is -2.45. The van der Waals surface area contributed by atoms with Crippen LogP contribution >= 0.6 is 0 Å². The van der Waals surface area contributed by atoms with E-state index in [4.69, 9.17) is 4.74 Å². The van der Waals surface area contributed by atoms with E-state index in [1.807, 2.05) is 0 Å². The molecule has 1 saturated carbocycles. The van der Waals surface area contributed by atoms with Gasteiger partial charge in [0.05, 0.1) is 0 Å². The van der Waals surface area contributed by atoms with Crippen molar-refractivity contribution < 1.29 is 4.74 Å². The van der Waals surface area contributed by atoms with Gasteiger partial charge in [-0.3, -0.25) is 0 Å². The zero-order chi connectivity index (χ0) is 13.6. The fourth-order valence-electron chi connectivity index (χ4n) is 3.55. The van der Waals surface area contributed by atoms with Gasteiger partial charge in [0.1, 0.15) is 0 Å². The Morgan fingerprint density at radius 3 is 2.61 bits per heavy atom. The lowest BCUT2D eigenvalue weighted by atomic mass is 9.73. The molecule has 1 N–H and O–H groups in total. The fourth-order valence-corrected chi connectivity index (χ4v) is 3.55. The Kier molecular flexibility index (Phi) is 6.65. The van der Waals surface area contributed by atoms with E-state index in [1.165, 1.54) is 32.1 Å². The van der Waals surface area contributed by atoms with E-state index in [2.05, 4.69) is 33.0 Å². The predicted octanol–water partition coefficient (Wildman–Crippen LogP) is 3.85. The molecule has 18 heavy (non-hydrogen) atoms. The quantitative estimate of drug-likeness (QED) is 0.711. The van der Waals surface area contributed by atoms with Crippen LogP contribution in [0.3, 0.4) is 0 Å². The average Bonchev–Trinajstić information content (AvgIpc) is 2.67. The molecule has 0 aliphatic heterocycles. The lowest BCUT2D eigenvalue weighted by molar-refractivity contribution is 0.125. The highest BCUT2D eigenvalue weighted by molar-refractivity contribution is 4.94. The van der Waals surface area contributed by atoms with Gasteiger partial charge in [0, 0.05) is 19.8 Å². The van der Waals surface area contributed by atoms with Crippen LogP contribution in [0.15, 0.2) is 0 Å². The van der Waals surface area contributed by atoms with Gasteiger partial charge in [-0.15, -0.1) is 0 Å². The Bertz CT molecular complexity index is 227. The summed E-state index contributed by atoms with van der Waals surface area (Å²) in [7, 11) is 1.81. The lowest BCUT2D eigenvalue weighted by Gasteiger charge is -2.38. The summed E-state index contributed by atoms with van der Waals surface area (Å²) in [6.45, 7) is 11.6. The smallest absolute Gasteiger partial charge is 0.0465 e. The first-order valence-corrected chi connectivity index (χ1v) is 7.75. The van der Waals surface area contributed by atoms with Crippen molar-refractivity contribution in [3.8, 4) is 0 Å². The summed E-state index contributed by atoms with van der Waals surface area (Å²) in [6, 6.07) is 0.664. The van der Waals surface area contributed by atoms with Crippen molar-refractivity contribution in [3.05, 3.63) is 0 Å². The van der Waals surface area contributed by atoms with Gasteiger partial charge >= 0.3 is 0 Å². The van der Waals surface area contributed by atoms with Crippen molar-refractivity contribution >= 4 is 0 Å². The van der Waals surface area contributed by atoms with Crippen LogP contribution in [0.25, 0.3) is 0 Å². The molecule has 3 atom stereocenters. The number of hydrogen-bond donors (Lipinski definition) is 1. The average molecular weight is 255 g/mol. The van der Waals surface area contributed by atoms with E-state index < -0.39 is 0 Å². The van der Waals surface area contributed by atoms with Crippen molar-refractivity contribution in [3.63, 3.8) is 0 Å². The van der Waals surface area contributed by atoms with Crippen molar-refractivity contribution in [2.75, 3.05) is 20.3 Å². The Morgan fingerprint density at radius 2 is 2.11 bits per heavy atom. The van der Waals surface area contributed by atoms with E-state index in [9.17, 15) is 0 Å². The van der Waals surface area contributed by atoms with Gasteiger partial charge in [-0.05, 0) is 49.5 Å². The number of nitrogens with one attached hydrogen (secondary N) is 1. The molecule has 108 valence electrons. The van der Waals surface area contributed by atoms with E-state index in [0.29, 0.717) is 17.4 Å². The van der Waals surface area contributed by atoms with Crippen LogP contribution in [-0.2, 0) is 4.74 Å². The molecule has 1 rings (SSSR count).